The van der Waals surface area contributed by atoms with E-state index in [4.69, 9.17) is 0 Å². The summed E-state index contributed by atoms with van der Waals surface area (Å²) in [5.74, 6) is 0.923. The molecule has 6 heteroatoms. The van der Waals surface area contributed by atoms with E-state index >= 15 is 0 Å². The molecular formula is C9H18N4OS. The van der Waals surface area contributed by atoms with Crippen molar-refractivity contribution in [3.8, 4) is 0 Å². The molecule has 1 aromatic rings. The third-order valence-corrected chi connectivity index (χ3v) is 3.58. The molecule has 2 atom stereocenters. The highest BCUT2D eigenvalue weighted by molar-refractivity contribution is 7.84. The van der Waals surface area contributed by atoms with Crippen molar-refractivity contribution in [1.29, 1.82) is 0 Å². The van der Waals surface area contributed by atoms with Crippen LogP contribution >= 0.6 is 0 Å². The highest BCUT2D eigenvalue weighted by Gasteiger charge is 2.06. The van der Waals surface area contributed by atoms with Gasteiger partial charge in [-0.3, -0.25) is 4.21 Å². The summed E-state index contributed by atoms with van der Waals surface area (Å²) in [6.45, 7) is 6.23. The summed E-state index contributed by atoms with van der Waals surface area (Å²) in [7, 11) is -0.771. The van der Waals surface area contributed by atoms with Gasteiger partial charge in [-0.25, -0.2) is 9.67 Å². The predicted octanol–water partition coefficient (Wildman–Crippen LogP) is 0.155. The first-order valence-electron chi connectivity index (χ1n) is 5.04. The molecule has 0 saturated carbocycles. The van der Waals surface area contributed by atoms with Crippen LogP contribution in [0.5, 0.6) is 0 Å². The van der Waals surface area contributed by atoms with Gasteiger partial charge in [0.05, 0.1) is 6.54 Å². The molecule has 0 bridgehead atoms. The molecule has 0 amide bonds. The molecule has 1 rings (SSSR count). The van der Waals surface area contributed by atoms with Crippen LogP contribution < -0.4 is 5.32 Å². The number of aryl methyl sites for hydroxylation is 1. The van der Waals surface area contributed by atoms with Crippen LogP contribution in [0.1, 0.15) is 19.7 Å². The Morgan fingerprint density at radius 2 is 2.40 bits per heavy atom. The van der Waals surface area contributed by atoms with Crippen molar-refractivity contribution in [2.75, 3.05) is 12.8 Å². The van der Waals surface area contributed by atoms with Gasteiger partial charge in [-0.15, -0.1) is 0 Å². The second-order valence-corrected chi connectivity index (χ2v) is 5.23. The number of nitrogens with one attached hydrogen (secondary N) is 1. The number of aromatic nitrogens is 3. The van der Waals surface area contributed by atoms with Gasteiger partial charge >= 0.3 is 0 Å². The summed E-state index contributed by atoms with van der Waals surface area (Å²) >= 11 is 0. The van der Waals surface area contributed by atoms with Gasteiger partial charge in [0.25, 0.3) is 0 Å². The van der Waals surface area contributed by atoms with E-state index in [-0.39, 0.29) is 5.25 Å². The summed E-state index contributed by atoms with van der Waals surface area (Å²) in [4.78, 5) is 4.14. The van der Waals surface area contributed by atoms with Gasteiger partial charge in [0.2, 0.25) is 0 Å². The van der Waals surface area contributed by atoms with Crippen molar-refractivity contribution in [3.05, 3.63) is 12.2 Å². The summed E-state index contributed by atoms with van der Waals surface area (Å²) in [5, 5.41) is 7.47. The lowest BCUT2D eigenvalue weighted by Gasteiger charge is -2.09. The topological polar surface area (TPSA) is 59.8 Å². The first-order chi connectivity index (χ1) is 7.15. The van der Waals surface area contributed by atoms with Crippen LogP contribution in [0.25, 0.3) is 0 Å². The minimum Gasteiger partial charge on any atom is -0.309 e. The number of nitrogens with zero attached hydrogens (tertiary/aromatic N) is 3. The van der Waals surface area contributed by atoms with E-state index in [1.54, 1.807) is 12.6 Å². The Morgan fingerprint density at radius 3 is 3.00 bits per heavy atom. The average Bonchev–Trinajstić information content (AvgIpc) is 2.65. The van der Waals surface area contributed by atoms with E-state index < -0.39 is 10.8 Å². The summed E-state index contributed by atoms with van der Waals surface area (Å²) < 4.78 is 12.9. The maximum atomic E-state index is 11.1. The van der Waals surface area contributed by atoms with Crippen LogP contribution in [0, 0.1) is 0 Å². The van der Waals surface area contributed by atoms with Gasteiger partial charge < -0.3 is 5.32 Å². The molecule has 15 heavy (non-hydrogen) atoms. The van der Waals surface area contributed by atoms with Gasteiger partial charge in [-0.2, -0.15) is 5.10 Å². The van der Waals surface area contributed by atoms with Gasteiger partial charge in [0, 0.05) is 35.4 Å². The summed E-state index contributed by atoms with van der Waals surface area (Å²) in [6.07, 6.45) is 3.28. The van der Waals surface area contributed by atoms with E-state index in [0.29, 0.717) is 6.54 Å². The maximum absolute atomic E-state index is 11.1. The first kappa shape index (κ1) is 12.3. The zero-order chi connectivity index (χ0) is 11.3. The van der Waals surface area contributed by atoms with Crippen LogP contribution in [-0.2, 0) is 23.9 Å². The minimum atomic E-state index is -0.771. The molecule has 0 saturated heterocycles. The Labute approximate surface area is 92.7 Å². The Hall–Kier alpha value is -0.750. The second kappa shape index (κ2) is 5.97. The largest absolute Gasteiger partial charge is 0.309 e. The molecule has 0 aliphatic carbocycles. The standard InChI is InChI=1S/C9H18N4OS/c1-4-13-9(11-7-12-13)6-10-5-8(2)15(3)14/h7-8,10H,4-6H2,1-3H3. The summed E-state index contributed by atoms with van der Waals surface area (Å²) in [6, 6.07) is 0. The fourth-order valence-electron chi connectivity index (χ4n) is 1.19. The highest BCUT2D eigenvalue weighted by atomic mass is 32.2. The molecule has 5 nitrogen and oxygen atoms in total. The van der Waals surface area contributed by atoms with Crippen LogP contribution in [0.2, 0.25) is 0 Å². The van der Waals surface area contributed by atoms with Crippen LogP contribution in [-0.4, -0.2) is 37.0 Å². The Morgan fingerprint density at radius 1 is 1.67 bits per heavy atom. The fraction of sp³-hybridized carbons (Fsp3) is 0.778. The maximum Gasteiger partial charge on any atom is 0.140 e. The third-order valence-electron chi connectivity index (χ3n) is 2.28. The van der Waals surface area contributed by atoms with Gasteiger partial charge in [0.15, 0.2) is 0 Å². The Balaban J connectivity index is 2.34. The molecule has 2 unspecified atom stereocenters. The highest BCUT2D eigenvalue weighted by Crippen LogP contribution is 1.94. The van der Waals surface area contributed by atoms with Crippen molar-refractivity contribution >= 4 is 10.8 Å². The van der Waals surface area contributed by atoms with E-state index in [1.807, 2.05) is 18.5 Å². The lowest BCUT2D eigenvalue weighted by Crippen LogP contribution is -2.28. The minimum absolute atomic E-state index is 0.169. The van der Waals surface area contributed by atoms with E-state index in [0.717, 1.165) is 18.9 Å². The molecule has 0 radical (unpaired) electrons. The lowest BCUT2D eigenvalue weighted by molar-refractivity contribution is 0.569. The van der Waals surface area contributed by atoms with Crippen LogP contribution in [0.15, 0.2) is 6.33 Å². The second-order valence-electron chi connectivity index (χ2n) is 3.43. The number of hydrogen-bond acceptors (Lipinski definition) is 4. The molecule has 1 heterocycles. The summed E-state index contributed by atoms with van der Waals surface area (Å²) in [5.41, 5.74) is 0. The van der Waals surface area contributed by atoms with E-state index in [1.165, 1.54) is 0 Å². The first-order valence-corrected chi connectivity index (χ1v) is 6.67. The SMILES string of the molecule is CCn1ncnc1CNCC(C)S(C)=O. The quantitative estimate of drug-likeness (QED) is 0.756. The zero-order valence-corrected chi connectivity index (χ0v) is 10.3. The Kier molecular flexibility index (Phi) is 4.90. The van der Waals surface area contributed by atoms with Crippen molar-refractivity contribution in [1.82, 2.24) is 20.1 Å². The smallest absolute Gasteiger partial charge is 0.140 e. The van der Waals surface area contributed by atoms with E-state index in [9.17, 15) is 4.21 Å². The molecule has 0 aliphatic heterocycles. The molecule has 0 fully saturated rings. The van der Waals surface area contributed by atoms with Gasteiger partial charge in [0.1, 0.15) is 12.2 Å². The molecular weight excluding hydrogens is 212 g/mol. The average molecular weight is 230 g/mol. The van der Waals surface area contributed by atoms with Crippen LogP contribution in [0.3, 0.4) is 0 Å². The van der Waals surface area contributed by atoms with Crippen LogP contribution in [0.4, 0.5) is 0 Å². The van der Waals surface area contributed by atoms with Crippen molar-refractivity contribution in [2.24, 2.45) is 0 Å². The third kappa shape index (κ3) is 3.71. The number of hydrogen-bond donors (Lipinski definition) is 1. The number of rotatable bonds is 6. The normalized spacial score (nSPS) is 15.1. The van der Waals surface area contributed by atoms with E-state index in [2.05, 4.69) is 15.4 Å². The molecule has 1 aromatic heterocycles. The molecule has 86 valence electrons. The molecule has 0 aliphatic rings. The molecule has 0 aromatic carbocycles. The van der Waals surface area contributed by atoms with Gasteiger partial charge in [-0.05, 0) is 13.8 Å². The zero-order valence-electron chi connectivity index (χ0n) is 9.43. The lowest BCUT2D eigenvalue weighted by atomic mass is 10.4. The van der Waals surface area contributed by atoms with Gasteiger partial charge in [-0.1, -0.05) is 0 Å². The fourth-order valence-corrected chi connectivity index (χ4v) is 1.55. The van der Waals surface area contributed by atoms with Crippen molar-refractivity contribution in [3.63, 3.8) is 0 Å². The molecule has 1 N–H and O–H groups in total. The van der Waals surface area contributed by atoms with Crippen molar-refractivity contribution < 1.29 is 4.21 Å². The monoisotopic (exact) mass is 230 g/mol. The Bertz CT molecular complexity index is 326. The predicted molar refractivity (Wildman–Crippen MR) is 60.9 cm³/mol. The molecule has 0 spiro atoms. The van der Waals surface area contributed by atoms with Crippen molar-refractivity contribution in [2.45, 2.75) is 32.2 Å².